The normalized spacial score (nSPS) is 14.0. The highest BCUT2D eigenvalue weighted by Crippen LogP contribution is 2.25. The number of anilines is 1. The van der Waals surface area contributed by atoms with E-state index < -0.39 is 17.5 Å². The van der Waals surface area contributed by atoms with Crippen LogP contribution in [0.5, 0.6) is 0 Å². The van der Waals surface area contributed by atoms with Gasteiger partial charge in [0, 0.05) is 38.3 Å². The topological polar surface area (TPSA) is 93.0 Å². The van der Waals surface area contributed by atoms with Gasteiger partial charge < -0.3 is 14.5 Å². The van der Waals surface area contributed by atoms with Crippen LogP contribution in [-0.2, 0) is 14.3 Å². The first kappa shape index (κ1) is 22.2. The molecule has 1 amide bonds. The Morgan fingerprint density at radius 3 is 2.55 bits per heavy atom. The highest BCUT2D eigenvalue weighted by Gasteiger charge is 2.23. The van der Waals surface area contributed by atoms with Crippen molar-refractivity contribution in [3.8, 4) is 0 Å². The second-order valence-electron chi connectivity index (χ2n) is 6.73. The predicted molar refractivity (Wildman–Crippen MR) is 113 cm³/mol. The molecule has 0 aromatic heterocycles. The van der Waals surface area contributed by atoms with Crippen molar-refractivity contribution in [3.63, 3.8) is 0 Å². The Morgan fingerprint density at radius 1 is 1.16 bits per heavy atom. The lowest BCUT2D eigenvalue weighted by molar-refractivity contribution is -0.384. The first-order chi connectivity index (χ1) is 14.8. The molecule has 0 unspecified atom stereocenters. The van der Waals surface area contributed by atoms with Gasteiger partial charge in [0.05, 0.1) is 10.6 Å². The number of halogens is 2. The summed E-state index contributed by atoms with van der Waals surface area (Å²) in [5.74, 6) is -1.41. The maximum Gasteiger partial charge on any atom is 0.331 e. The lowest BCUT2D eigenvalue weighted by Gasteiger charge is -2.36. The molecule has 162 valence electrons. The fourth-order valence-corrected chi connectivity index (χ4v) is 3.30. The Morgan fingerprint density at radius 2 is 1.87 bits per heavy atom. The third kappa shape index (κ3) is 5.79. The van der Waals surface area contributed by atoms with Crippen LogP contribution in [0.4, 0.5) is 15.8 Å². The molecule has 1 aliphatic rings. The zero-order valence-corrected chi connectivity index (χ0v) is 17.1. The molecule has 3 rings (SSSR count). The van der Waals surface area contributed by atoms with Gasteiger partial charge in [-0.1, -0.05) is 29.8 Å². The van der Waals surface area contributed by atoms with Crippen molar-refractivity contribution in [2.75, 3.05) is 37.7 Å². The number of hydrogen-bond acceptors (Lipinski definition) is 6. The van der Waals surface area contributed by atoms with Crippen LogP contribution < -0.4 is 4.90 Å². The number of ether oxygens (including phenoxy) is 1. The second-order valence-corrected chi connectivity index (χ2v) is 7.14. The summed E-state index contributed by atoms with van der Waals surface area (Å²) in [7, 11) is 0. The van der Waals surface area contributed by atoms with Crippen LogP contribution in [0.1, 0.15) is 5.56 Å². The van der Waals surface area contributed by atoms with E-state index >= 15 is 0 Å². The fourth-order valence-electron chi connectivity index (χ4n) is 3.11. The molecular weight excluding hydrogens is 429 g/mol. The summed E-state index contributed by atoms with van der Waals surface area (Å²) < 4.78 is 18.9. The lowest BCUT2D eigenvalue weighted by atomic mass is 10.2. The molecule has 1 fully saturated rings. The summed E-state index contributed by atoms with van der Waals surface area (Å²) in [5, 5.41) is 10.9. The van der Waals surface area contributed by atoms with Gasteiger partial charge in [-0.3, -0.25) is 14.9 Å². The number of piperazine rings is 1. The first-order valence-electron chi connectivity index (χ1n) is 9.41. The Hall–Kier alpha value is -3.46. The lowest BCUT2D eigenvalue weighted by Crippen LogP contribution is -2.50. The largest absolute Gasteiger partial charge is 0.452 e. The standard InChI is InChI=1S/C21H19ClFN3O5/c22-16-7-5-15(13-19(16)26(29)30)6-8-21(28)31-14-20(27)25-11-9-24(10-12-25)18-4-2-1-3-17(18)23/h1-8,13H,9-12,14H2/b8-6+. The minimum absolute atomic E-state index is 0.00887. The molecule has 0 spiro atoms. The van der Waals surface area contributed by atoms with Crippen LogP contribution in [0, 0.1) is 15.9 Å². The monoisotopic (exact) mass is 447 g/mol. The average Bonchev–Trinajstić information content (AvgIpc) is 2.77. The maximum absolute atomic E-state index is 13.9. The Labute approximate surface area is 182 Å². The number of nitrogens with zero attached hydrogens (tertiary/aromatic N) is 3. The highest BCUT2D eigenvalue weighted by molar-refractivity contribution is 6.32. The highest BCUT2D eigenvalue weighted by atomic mass is 35.5. The number of nitro groups is 1. The Bertz CT molecular complexity index is 1020. The van der Waals surface area contributed by atoms with E-state index in [9.17, 15) is 24.1 Å². The number of hydrogen-bond donors (Lipinski definition) is 0. The summed E-state index contributed by atoms with van der Waals surface area (Å²) in [6, 6.07) is 10.6. The molecular formula is C21H19ClFN3O5. The SMILES string of the molecule is O=C(/C=C/c1ccc(Cl)c([N+](=O)[O-])c1)OCC(=O)N1CCN(c2ccccc2F)CC1. The third-order valence-electron chi connectivity index (χ3n) is 4.74. The predicted octanol–water partition coefficient (Wildman–Crippen LogP) is 3.29. The average molecular weight is 448 g/mol. The number of esters is 1. The van der Waals surface area contributed by atoms with E-state index in [2.05, 4.69) is 0 Å². The number of benzene rings is 2. The van der Waals surface area contributed by atoms with Gasteiger partial charge >= 0.3 is 5.97 Å². The summed E-state index contributed by atoms with van der Waals surface area (Å²) >= 11 is 5.74. The minimum atomic E-state index is -0.754. The summed E-state index contributed by atoms with van der Waals surface area (Å²) in [4.78, 5) is 37.9. The van der Waals surface area contributed by atoms with Gasteiger partial charge in [0.1, 0.15) is 10.8 Å². The van der Waals surface area contributed by atoms with Crippen molar-refractivity contribution in [1.29, 1.82) is 0 Å². The van der Waals surface area contributed by atoms with Crippen molar-refractivity contribution in [2.45, 2.75) is 0 Å². The maximum atomic E-state index is 13.9. The molecule has 0 radical (unpaired) electrons. The zero-order valence-electron chi connectivity index (χ0n) is 16.4. The van der Waals surface area contributed by atoms with Crippen molar-refractivity contribution >= 4 is 40.9 Å². The first-order valence-corrected chi connectivity index (χ1v) is 9.79. The van der Waals surface area contributed by atoms with Crippen LogP contribution in [0.25, 0.3) is 6.08 Å². The van der Waals surface area contributed by atoms with Crippen molar-refractivity contribution in [2.24, 2.45) is 0 Å². The van der Waals surface area contributed by atoms with E-state index in [0.717, 1.165) is 6.08 Å². The van der Waals surface area contributed by atoms with Crippen LogP contribution in [0.15, 0.2) is 48.5 Å². The van der Waals surface area contributed by atoms with Gasteiger partial charge in [-0.2, -0.15) is 0 Å². The summed E-state index contributed by atoms with van der Waals surface area (Å²) in [6.07, 6.45) is 2.42. The van der Waals surface area contributed by atoms with Gasteiger partial charge in [0.15, 0.2) is 6.61 Å². The number of nitro benzene ring substituents is 1. The van der Waals surface area contributed by atoms with Gasteiger partial charge in [-0.15, -0.1) is 0 Å². The number of rotatable bonds is 6. The molecule has 2 aromatic rings. The molecule has 2 aromatic carbocycles. The van der Waals surface area contributed by atoms with Gasteiger partial charge in [-0.25, -0.2) is 9.18 Å². The van der Waals surface area contributed by atoms with Crippen LogP contribution in [-0.4, -0.2) is 54.5 Å². The summed E-state index contributed by atoms with van der Waals surface area (Å²) in [6.45, 7) is 1.28. The molecule has 0 saturated carbocycles. The van der Waals surface area contributed by atoms with Gasteiger partial charge in [0.25, 0.3) is 11.6 Å². The second kappa shape index (κ2) is 10.0. The van der Waals surface area contributed by atoms with E-state index in [1.807, 2.05) is 4.90 Å². The molecule has 1 aliphatic heterocycles. The van der Waals surface area contributed by atoms with Crippen LogP contribution >= 0.6 is 11.6 Å². The number of para-hydroxylation sites is 1. The van der Waals surface area contributed by atoms with E-state index in [1.165, 1.54) is 30.3 Å². The van der Waals surface area contributed by atoms with E-state index in [1.54, 1.807) is 23.1 Å². The number of carbonyl (C=O) groups is 2. The number of amides is 1. The summed E-state index contributed by atoms with van der Waals surface area (Å²) in [5.41, 5.74) is 0.610. The number of carbonyl (C=O) groups excluding carboxylic acids is 2. The molecule has 0 atom stereocenters. The zero-order chi connectivity index (χ0) is 22.4. The minimum Gasteiger partial charge on any atom is -0.452 e. The van der Waals surface area contributed by atoms with E-state index in [4.69, 9.17) is 16.3 Å². The Kier molecular flexibility index (Phi) is 7.19. The van der Waals surface area contributed by atoms with Crippen molar-refractivity contribution in [3.05, 3.63) is 75.1 Å². The molecule has 1 heterocycles. The molecule has 0 bridgehead atoms. The molecule has 0 N–H and O–H groups in total. The molecule has 1 saturated heterocycles. The quantitative estimate of drug-likeness (QED) is 0.292. The van der Waals surface area contributed by atoms with Crippen molar-refractivity contribution < 1.29 is 23.6 Å². The van der Waals surface area contributed by atoms with Crippen LogP contribution in [0.2, 0.25) is 5.02 Å². The van der Waals surface area contributed by atoms with E-state index in [-0.39, 0.29) is 22.4 Å². The van der Waals surface area contributed by atoms with Gasteiger partial charge in [0.2, 0.25) is 0 Å². The molecule has 31 heavy (non-hydrogen) atoms. The smallest absolute Gasteiger partial charge is 0.331 e. The van der Waals surface area contributed by atoms with E-state index in [0.29, 0.717) is 37.4 Å². The fraction of sp³-hybridized carbons (Fsp3) is 0.238. The van der Waals surface area contributed by atoms with Crippen LogP contribution in [0.3, 0.4) is 0 Å². The third-order valence-corrected chi connectivity index (χ3v) is 5.06. The molecule has 8 nitrogen and oxygen atoms in total. The van der Waals surface area contributed by atoms with Crippen molar-refractivity contribution in [1.82, 2.24) is 4.90 Å². The Balaban J connectivity index is 1.47. The molecule has 10 heteroatoms. The molecule has 0 aliphatic carbocycles. The van der Waals surface area contributed by atoms with Gasteiger partial charge in [-0.05, 0) is 29.8 Å².